The third-order valence-corrected chi connectivity index (χ3v) is 7.07. The lowest BCUT2D eigenvalue weighted by atomic mass is 10.1. The molecule has 0 aliphatic carbocycles. The number of nitrogens with zero attached hydrogens (tertiary/aromatic N) is 2. The Hall–Kier alpha value is -3.40. The second-order valence-corrected chi connectivity index (χ2v) is 10.00. The Labute approximate surface area is 202 Å². The number of rotatable bonds is 8. The number of benzene rings is 3. The molecule has 0 bridgehead atoms. The average molecular weight is 500 g/mol. The van der Waals surface area contributed by atoms with Gasteiger partial charge in [0, 0.05) is 11.6 Å². The van der Waals surface area contributed by atoms with Crippen molar-refractivity contribution < 1.29 is 22.7 Å². The Kier molecular flexibility index (Phi) is 7.16. The molecule has 1 aliphatic heterocycles. The Morgan fingerprint density at radius 2 is 1.85 bits per heavy atom. The highest BCUT2D eigenvalue weighted by Crippen LogP contribution is 2.32. The quantitative estimate of drug-likeness (QED) is 0.376. The van der Waals surface area contributed by atoms with Crippen LogP contribution in [0, 0.1) is 6.92 Å². The normalized spacial score (nSPS) is 12.9. The summed E-state index contributed by atoms with van der Waals surface area (Å²) < 4.78 is 38.3. The SMILES string of the molecule is Cc1cccc(CN(CC(=O)N/N=C\c2ccc3c(c2)OCO3)S(=O)(=O)c2ccc(Cl)cc2)c1. The van der Waals surface area contributed by atoms with Crippen LogP contribution in [0.3, 0.4) is 0 Å². The molecular weight excluding hydrogens is 478 g/mol. The van der Waals surface area contributed by atoms with E-state index in [1.807, 2.05) is 31.2 Å². The molecule has 3 aromatic carbocycles. The van der Waals surface area contributed by atoms with E-state index in [2.05, 4.69) is 10.5 Å². The Morgan fingerprint density at radius 1 is 1.09 bits per heavy atom. The third kappa shape index (κ3) is 5.74. The smallest absolute Gasteiger partial charge is 0.255 e. The molecule has 1 aliphatic rings. The first-order valence-corrected chi connectivity index (χ1v) is 12.2. The molecule has 0 spiro atoms. The van der Waals surface area contributed by atoms with Crippen molar-refractivity contribution in [2.24, 2.45) is 5.10 Å². The molecular formula is C24H22ClN3O5S. The van der Waals surface area contributed by atoms with Crippen molar-refractivity contribution in [3.8, 4) is 11.5 Å². The summed E-state index contributed by atoms with van der Waals surface area (Å²) in [5, 5.41) is 4.36. The average Bonchev–Trinajstić information content (AvgIpc) is 3.27. The molecule has 176 valence electrons. The molecule has 1 N–H and O–H groups in total. The summed E-state index contributed by atoms with van der Waals surface area (Å²) in [7, 11) is -3.98. The molecule has 0 atom stereocenters. The zero-order valence-corrected chi connectivity index (χ0v) is 19.8. The monoisotopic (exact) mass is 499 g/mol. The van der Waals surface area contributed by atoms with Crippen LogP contribution in [0.25, 0.3) is 0 Å². The first-order chi connectivity index (χ1) is 16.3. The zero-order chi connectivity index (χ0) is 24.1. The minimum Gasteiger partial charge on any atom is -0.454 e. The van der Waals surface area contributed by atoms with E-state index in [4.69, 9.17) is 21.1 Å². The summed E-state index contributed by atoms with van der Waals surface area (Å²) in [4.78, 5) is 12.7. The number of aryl methyl sites for hydroxylation is 1. The molecule has 10 heteroatoms. The van der Waals surface area contributed by atoms with Crippen molar-refractivity contribution in [3.05, 3.63) is 88.4 Å². The zero-order valence-electron chi connectivity index (χ0n) is 18.3. The number of carbonyl (C=O) groups excluding carboxylic acids is 1. The highest BCUT2D eigenvalue weighted by Gasteiger charge is 2.27. The van der Waals surface area contributed by atoms with Gasteiger partial charge in [-0.15, -0.1) is 0 Å². The predicted octanol–water partition coefficient (Wildman–Crippen LogP) is 3.72. The summed E-state index contributed by atoms with van der Waals surface area (Å²) in [6, 6.07) is 18.5. The standard InChI is InChI=1S/C24H22ClN3O5S/c1-17-3-2-4-19(11-17)14-28(34(30,31)21-8-6-20(25)7-9-21)15-24(29)27-26-13-18-5-10-22-23(12-18)33-16-32-22/h2-13H,14-16H2,1H3,(H,27,29)/b26-13-. The van der Waals surface area contributed by atoms with E-state index in [1.54, 1.807) is 18.2 Å². The summed E-state index contributed by atoms with van der Waals surface area (Å²) in [6.07, 6.45) is 1.44. The molecule has 0 unspecified atom stereocenters. The van der Waals surface area contributed by atoms with Gasteiger partial charge in [-0.05, 0) is 60.5 Å². The maximum Gasteiger partial charge on any atom is 0.255 e. The minimum absolute atomic E-state index is 0.0198. The van der Waals surface area contributed by atoms with Crippen molar-refractivity contribution in [3.63, 3.8) is 0 Å². The van der Waals surface area contributed by atoms with E-state index in [-0.39, 0.29) is 18.2 Å². The molecule has 3 aromatic rings. The van der Waals surface area contributed by atoms with Crippen LogP contribution in [0.2, 0.25) is 5.02 Å². The van der Waals surface area contributed by atoms with Crippen LogP contribution < -0.4 is 14.9 Å². The summed E-state index contributed by atoms with van der Waals surface area (Å²) in [5.41, 5.74) is 4.82. The van der Waals surface area contributed by atoms with E-state index in [9.17, 15) is 13.2 Å². The fourth-order valence-corrected chi connectivity index (χ4v) is 4.87. The number of halogens is 1. The second-order valence-electron chi connectivity index (χ2n) is 7.62. The molecule has 0 aromatic heterocycles. The van der Waals surface area contributed by atoms with Gasteiger partial charge in [-0.3, -0.25) is 4.79 Å². The van der Waals surface area contributed by atoms with Crippen molar-refractivity contribution in [2.45, 2.75) is 18.4 Å². The number of hydrazone groups is 1. The van der Waals surface area contributed by atoms with E-state index >= 15 is 0 Å². The maximum absolute atomic E-state index is 13.3. The van der Waals surface area contributed by atoms with Crippen LogP contribution in [-0.4, -0.2) is 38.2 Å². The van der Waals surface area contributed by atoms with Crippen LogP contribution in [0.4, 0.5) is 0 Å². The number of sulfonamides is 1. The van der Waals surface area contributed by atoms with Crippen LogP contribution in [0.1, 0.15) is 16.7 Å². The predicted molar refractivity (Wildman–Crippen MR) is 129 cm³/mol. The lowest BCUT2D eigenvalue weighted by molar-refractivity contribution is -0.121. The van der Waals surface area contributed by atoms with Crippen LogP contribution >= 0.6 is 11.6 Å². The maximum atomic E-state index is 13.3. The molecule has 0 fully saturated rings. The number of hydrogen-bond acceptors (Lipinski definition) is 6. The third-order valence-electron chi connectivity index (χ3n) is 5.01. The van der Waals surface area contributed by atoms with Gasteiger partial charge in [-0.1, -0.05) is 41.4 Å². The fraction of sp³-hybridized carbons (Fsp3) is 0.167. The summed E-state index contributed by atoms with van der Waals surface area (Å²) in [5.74, 6) is 0.649. The van der Waals surface area contributed by atoms with Gasteiger partial charge in [0.1, 0.15) is 0 Å². The van der Waals surface area contributed by atoms with Gasteiger partial charge in [-0.2, -0.15) is 9.41 Å². The summed E-state index contributed by atoms with van der Waals surface area (Å²) in [6.45, 7) is 1.67. The molecule has 8 nitrogen and oxygen atoms in total. The minimum atomic E-state index is -3.98. The van der Waals surface area contributed by atoms with Gasteiger partial charge in [0.05, 0.1) is 17.7 Å². The van der Waals surface area contributed by atoms with Gasteiger partial charge in [-0.25, -0.2) is 13.8 Å². The number of amides is 1. The number of ether oxygens (including phenoxy) is 2. The number of fused-ring (bicyclic) bond motifs is 1. The molecule has 1 amide bonds. The van der Waals surface area contributed by atoms with Crippen LogP contribution in [-0.2, 0) is 21.4 Å². The van der Waals surface area contributed by atoms with E-state index < -0.39 is 22.5 Å². The first kappa shape index (κ1) is 23.7. The molecule has 1 heterocycles. The van der Waals surface area contributed by atoms with Gasteiger partial charge >= 0.3 is 0 Å². The highest BCUT2D eigenvalue weighted by molar-refractivity contribution is 7.89. The molecule has 0 radical (unpaired) electrons. The second kappa shape index (κ2) is 10.3. The van der Waals surface area contributed by atoms with Crippen LogP contribution in [0.5, 0.6) is 11.5 Å². The lowest BCUT2D eigenvalue weighted by Gasteiger charge is -2.21. The Balaban J connectivity index is 1.50. The molecule has 0 saturated carbocycles. The van der Waals surface area contributed by atoms with E-state index in [1.165, 1.54) is 30.5 Å². The van der Waals surface area contributed by atoms with Gasteiger partial charge in [0.15, 0.2) is 11.5 Å². The highest BCUT2D eigenvalue weighted by atomic mass is 35.5. The molecule has 0 saturated heterocycles. The Bertz CT molecular complexity index is 1330. The van der Waals surface area contributed by atoms with Crippen molar-refractivity contribution in [1.29, 1.82) is 0 Å². The Morgan fingerprint density at radius 3 is 2.62 bits per heavy atom. The first-order valence-electron chi connectivity index (χ1n) is 10.3. The topological polar surface area (TPSA) is 97.3 Å². The lowest BCUT2D eigenvalue weighted by Crippen LogP contribution is -2.39. The molecule has 4 rings (SSSR count). The van der Waals surface area contributed by atoms with Gasteiger partial charge in [0.25, 0.3) is 5.91 Å². The number of hydrogen-bond donors (Lipinski definition) is 1. The van der Waals surface area contributed by atoms with Gasteiger partial charge in [0.2, 0.25) is 16.8 Å². The van der Waals surface area contributed by atoms with Crippen molar-refractivity contribution in [1.82, 2.24) is 9.73 Å². The van der Waals surface area contributed by atoms with E-state index in [0.29, 0.717) is 22.1 Å². The van der Waals surface area contributed by atoms with Crippen molar-refractivity contribution in [2.75, 3.05) is 13.3 Å². The summed E-state index contributed by atoms with van der Waals surface area (Å²) >= 11 is 5.91. The van der Waals surface area contributed by atoms with E-state index in [0.717, 1.165) is 15.4 Å². The molecule has 34 heavy (non-hydrogen) atoms. The largest absolute Gasteiger partial charge is 0.454 e. The van der Waals surface area contributed by atoms with Crippen LogP contribution in [0.15, 0.2) is 76.7 Å². The number of nitrogens with one attached hydrogen (secondary N) is 1. The fourth-order valence-electron chi connectivity index (χ4n) is 3.36. The van der Waals surface area contributed by atoms with Crippen molar-refractivity contribution >= 4 is 33.7 Å². The number of carbonyl (C=O) groups is 1. The van der Waals surface area contributed by atoms with Gasteiger partial charge < -0.3 is 9.47 Å².